The minimum Gasteiger partial charge on any atom is -0.493 e. The number of imidazole rings is 1. The van der Waals surface area contributed by atoms with Crippen molar-refractivity contribution in [3.05, 3.63) is 66.5 Å². The molecule has 3 aromatic heterocycles. The molecule has 0 saturated heterocycles. The molecule has 0 fully saturated rings. The largest absolute Gasteiger partial charge is 0.493 e. The Hall–Kier alpha value is -4.01. The van der Waals surface area contributed by atoms with E-state index in [1.807, 2.05) is 52.6 Å². The van der Waals surface area contributed by atoms with Gasteiger partial charge >= 0.3 is 0 Å². The van der Waals surface area contributed by atoms with Gasteiger partial charge < -0.3 is 19.2 Å². The second-order valence-corrected chi connectivity index (χ2v) is 7.29. The van der Waals surface area contributed by atoms with Gasteiger partial charge in [0.2, 0.25) is 0 Å². The molecular weight excluding hydrogens is 394 g/mol. The summed E-state index contributed by atoms with van der Waals surface area (Å²) in [6.45, 7) is 3.18. The molecule has 5 rings (SSSR count). The fourth-order valence-electron chi connectivity index (χ4n) is 3.62. The van der Waals surface area contributed by atoms with Gasteiger partial charge in [0.25, 0.3) is 5.91 Å². The molecule has 1 aliphatic heterocycles. The average molecular weight is 415 g/mol. The van der Waals surface area contributed by atoms with Gasteiger partial charge in [-0.1, -0.05) is 6.07 Å². The highest BCUT2D eigenvalue weighted by Gasteiger charge is 2.17. The molecule has 1 amide bonds. The maximum atomic E-state index is 13.2. The summed E-state index contributed by atoms with van der Waals surface area (Å²) in [6, 6.07) is 11.0. The van der Waals surface area contributed by atoms with E-state index < -0.39 is 0 Å². The molecule has 0 unspecified atom stereocenters. The number of carbonyl (C=O) groups is 1. The Morgan fingerprint density at radius 2 is 2.10 bits per heavy atom. The number of aromatic nitrogens is 6. The number of amides is 1. The number of aryl methyl sites for hydroxylation is 2. The van der Waals surface area contributed by atoms with Crippen molar-refractivity contribution in [3.63, 3.8) is 0 Å². The molecule has 0 spiro atoms. The molecule has 0 saturated carbocycles. The SMILES string of the molecule is Cc1nccn1-c1ccc2c(c1)C(=O)Nc1cccc(n1)-c1nncn1CCCCO2. The first-order valence-corrected chi connectivity index (χ1v) is 10.1. The lowest BCUT2D eigenvalue weighted by molar-refractivity contribution is 0.102. The van der Waals surface area contributed by atoms with Crippen molar-refractivity contribution in [2.45, 2.75) is 26.3 Å². The first-order chi connectivity index (χ1) is 15.2. The van der Waals surface area contributed by atoms with Crippen LogP contribution in [0.5, 0.6) is 5.75 Å². The predicted molar refractivity (Wildman–Crippen MR) is 114 cm³/mol. The molecule has 9 heteroatoms. The molecule has 1 N–H and O–H groups in total. The summed E-state index contributed by atoms with van der Waals surface area (Å²) in [4.78, 5) is 22.0. The van der Waals surface area contributed by atoms with Crippen LogP contribution in [0.1, 0.15) is 29.0 Å². The zero-order chi connectivity index (χ0) is 21.2. The first-order valence-electron chi connectivity index (χ1n) is 10.1. The summed E-state index contributed by atoms with van der Waals surface area (Å²) in [5, 5.41) is 11.1. The van der Waals surface area contributed by atoms with E-state index in [9.17, 15) is 4.79 Å². The van der Waals surface area contributed by atoms with E-state index >= 15 is 0 Å². The molecular formula is C22H21N7O2. The molecule has 1 aliphatic rings. The monoisotopic (exact) mass is 415 g/mol. The van der Waals surface area contributed by atoms with E-state index in [-0.39, 0.29) is 5.91 Å². The van der Waals surface area contributed by atoms with Gasteiger partial charge in [0.05, 0.1) is 12.2 Å². The highest BCUT2D eigenvalue weighted by atomic mass is 16.5. The summed E-state index contributed by atoms with van der Waals surface area (Å²) in [7, 11) is 0. The third-order valence-corrected chi connectivity index (χ3v) is 5.20. The maximum absolute atomic E-state index is 13.2. The van der Waals surface area contributed by atoms with Crippen molar-refractivity contribution in [1.82, 2.24) is 29.3 Å². The number of hydrogen-bond donors (Lipinski definition) is 1. The fourth-order valence-corrected chi connectivity index (χ4v) is 3.62. The van der Waals surface area contributed by atoms with Crippen LogP contribution in [0.25, 0.3) is 17.2 Å². The minimum absolute atomic E-state index is 0.294. The number of hydrogen-bond acceptors (Lipinski definition) is 6. The second kappa shape index (κ2) is 8.02. The zero-order valence-corrected chi connectivity index (χ0v) is 17.0. The third-order valence-electron chi connectivity index (χ3n) is 5.20. The molecule has 0 radical (unpaired) electrons. The highest BCUT2D eigenvalue weighted by Crippen LogP contribution is 2.25. The van der Waals surface area contributed by atoms with Crippen LogP contribution in [0, 0.1) is 6.92 Å². The van der Waals surface area contributed by atoms with Crippen LogP contribution in [0.3, 0.4) is 0 Å². The van der Waals surface area contributed by atoms with E-state index in [1.165, 1.54) is 0 Å². The van der Waals surface area contributed by atoms with Crippen LogP contribution >= 0.6 is 0 Å². The van der Waals surface area contributed by atoms with Gasteiger partial charge in [-0.3, -0.25) is 4.79 Å². The van der Waals surface area contributed by atoms with Gasteiger partial charge in [0.1, 0.15) is 29.4 Å². The Kier molecular flexibility index (Phi) is 4.91. The third kappa shape index (κ3) is 3.77. The summed E-state index contributed by atoms with van der Waals surface area (Å²) < 4.78 is 9.87. The van der Waals surface area contributed by atoms with Gasteiger partial charge in [0, 0.05) is 24.6 Å². The normalized spacial score (nSPS) is 14.0. The lowest BCUT2D eigenvalue weighted by atomic mass is 10.1. The number of carbonyl (C=O) groups excluding carboxylic acids is 1. The lowest BCUT2D eigenvalue weighted by Gasteiger charge is -2.15. The number of fused-ring (bicyclic) bond motifs is 5. The van der Waals surface area contributed by atoms with E-state index in [0.29, 0.717) is 35.3 Å². The van der Waals surface area contributed by atoms with Crippen LogP contribution in [-0.4, -0.2) is 41.8 Å². The minimum atomic E-state index is -0.294. The Morgan fingerprint density at radius 3 is 2.97 bits per heavy atom. The van der Waals surface area contributed by atoms with Gasteiger partial charge in [-0.15, -0.1) is 10.2 Å². The van der Waals surface area contributed by atoms with E-state index in [4.69, 9.17) is 4.74 Å². The summed E-state index contributed by atoms with van der Waals surface area (Å²) in [6.07, 6.45) is 7.00. The number of nitrogens with zero attached hydrogens (tertiary/aromatic N) is 6. The molecule has 9 nitrogen and oxygen atoms in total. The fraction of sp³-hybridized carbons (Fsp3) is 0.227. The average Bonchev–Trinajstić information content (AvgIpc) is 3.42. The summed E-state index contributed by atoms with van der Waals surface area (Å²) >= 11 is 0. The molecule has 156 valence electrons. The van der Waals surface area contributed by atoms with Crippen molar-refractivity contribution in [2.24, 2.45) is 0 Å². The maximum Gasteiger partial charge on any atom is 0.260 e. The van der Waals surface area contributed by atoms with E-state index in [2.05, 4.69) is 25.5 Å². The summed E-state index contributed by atoms with van der Waals surface area (Å²) in [5.41, 5.74) is 1.94. The van der Waals surface area contributed by atoms with Crippen LogP contribution in [-0.2, 0) is 6.54 Å². The van der Waals surface area contributed by atoms with Crippen LogP contribution in [0.15, 0.2) is 55.1 Å². The smallest absolute Gasteiger partial charge is 0.260 e. The summed E-state index contributed by atoms with van der Waals surface area (Å²) in [5.74, 6) is 2.19. The van der Waals surface area contributed by atoms with E-state index in [0.717, 1.165) is 30.9 Å². The van der Waals surface area contributed by atoms with Crippen molar-refractivity contribution in [2.75, 3.05) is 11.9 Å². The zero-order valence-electron chi connectivity index (χ0n) is 17.0. The number of ether oxygens (including phenoxy) is 1. The predicted octanol–water partition coefficient (Wildman–Crippen LogP) is 3.26. The number of pyridine rings is 1. The molecule has 4 heterocycles. The molecule has 2 bridgehead atoms. The van der Waals surface area contributed by atoms with Crippen molar-refractivity contribution in [3.8, 4) is 23.0 Å². The highest BCUT2D eigenvalue weighted by molar-refractivity contribution is 6.06. The number of rotatable bonds is 1. The number of nitrogens with one attached hydrogen (secondary N) is 1. The number of benzene rings is 1. The van der Waals surface area contributed by atoms with Gasteiger partial charge in [-0.2, -0.15) is 0 Å². The van der Waals surface area contributed by atoms with Crippen molar-refractivity contribution >= 4 is 11.7 Å². The Morgan fingerprint density at radius 1 is 1.16 bits per heavy atom. The van der Waals surface area contributed by atoms with E-state index in [1.54, 1.807) is 18.6 Å². The standard InChI is InChI=1S/C22H21N7O2/c1-15-23-9-11-29(15)16-7-8-19-17(13-16)22(30)26-20-6-4-5-18(25-20)21-27-24-14-28(21)10-2-3-12-31-19/h4-9,11,13-14H,2-3,10,12H2,1H3,(H,25,26,30). The molecule has 0 atom stereocenters. The van der Waals surface area contributed by atoms with Crippen LogP contribution < -0.4 is 10.1 Å². The first kappa shape index (κ1) is 19.0. The van der Waals surface area contributed by atoms with Crippen LogP contribution in [0.4, 0.5) is 5.82 Å². The van der Waals surface area contributed by atoms with Gasteiger partial charge in [-0.05, 0) is 50.1 Å². The molecule has 0 aliphatic carbocycles. The number of anilines is 1. The van der Waals surface area contributed by atoms with Gasteiger partial charge in [0.15, 0.2) is 5.82 Å². The van der Waals surface area contributed by atoms with Crippen molar-refractivity contribution in [1.29, 1.82) is 0 Å². The quantitative estimate of drug-likeness (QED) is 0.512. The Bertz CT molecular complexity index is 1240. The van der Waals surface area contributed by atoms with Gasteiger partial charge in [-0.25, -0.2) is 9.97 Å². The second-order valence-electron chi connectivity index (χ2n) is 7.29. The molecule has 1 aromatic carbocycles. The van der Waals surface area contributed by atoms with Crippen molar-refractivity contribution < 1.29 is 9.53 Å². The molecule has 4 aromatic rings. The topological polar surface area (TPSA) is 99.8 Å². The Labute approximate surface area is 178 Å². The lowest BCUT2D eigenvalue weighted by Crippen LogP contribution is -2.16. The Balaban J connectivity index is 1.55. The molecule has 31 heavy (non-hydrogen) atoms. The van der Waals surface area contributed by atoms with Crippen LogP contribution in [0.2, 0.25) is 0 Å².